The maximum atomic E-state index is 13.3. The lowest BCUT2D eigenvalue weighted by Gasteiger charge is -2.30. The lowest BCUT2D eigenvalue weighted by molar-refractivity contribution is -0.191. The van der Waals surface area contributed by atoms with Crippen LogP contribution >= 0.6 is 11.6 Å². The Morgan fingerprint density at radius 1 is 0.955 bits per heavy atom. The maximum absolute atomic E-state index is 13.3. The lowest BCUT2D eigenvalue weighted by Crippen LogP contribution is -2.40. The number of piperidine rings is 1. The molecule has 0 unspecified atom stereocenters. The molecule has 0 bridgehead atoms. The third kappa shape index (κ3) is 12.0. The van der Waals surface area contributed by atoms with Crippen molar-refractivity contribution in [2.24, 2.45) is 16.5 Å². The van der Waals surface area contributed by atoms with E-state index < -0.39 is 5.97 Å². The lowest BCUT2D eigenvalue weighted by atomic mass is 10.1. The van der Waals surface area contributed by atoms with Crippen molar-refractivity contribution in [3.63, 3.8) is 0 Å². The number of esters is 1. The van der Waals surface area contributed by atoms with Crippen molar-refractivity contribution in [2.75, 3.05) is 26.2 Å². The molecule has 11 heteroatoms. The Kier molecular flexibility index (Phi) is 15.3. The van der Waals surface area contributed by atoms with Crippen LogP contribution in [0.1, 0.15) is 54.6 Å². The fraction of sp³-hybridized carbons (Fsp3) is 0.333. The summed E-state index contributed by atoms with van der Waals surface area (Å²) in [4.78, 5) is 50.5. The molecule has 234 valence electrons. The summed E-state index contributed by atoms with van der Waals surface area (Å²) in [6, 6.07) is 21.6. The van der Waals surface area contributed by atoms with Gasteiger partial charge in [0.1, 0.15) is 5.75 Å². The van der Waals surface area contributed by atoms with Gasteiger partial charge in [0.25, 0.3) is 0 Å². The van der Waals surface area contributed by atoms with Crippen molar-refractivity contribution in [2.45, 2.75) is 46.1 Å². The third-order valence-corrected chi connectivity index (χ3v) is 7.26. The number of ether oxygens (including phenoxy) is 1. The molecule has 0 aliphatic carbocycles. The van der Waals surface area contributed by atoms with Gasteiger partial charge in [0.05, 0.1) is 11.3 Å². The Morgan fingerprint density at radius 2 is 1.61 bits per heavy atom. The summed E-state index contributed by atoms with van der Waals surface area (Å²) in [5.41, 5.74) is 13.6. The Morgan fingerprint density at radius 3 is 2.23 bits per heavy atom. The number of carbonyl (C=O) groups excluding carboxylic acids is 4. The third-order valence-electron chi connectivity index (χ3n) is 6.91. The van der Waals surface area contributed by atoms with E-state index in [1.807, 2.05) is 23.1 Å². The average molecular weight is 622 g/mol. The second kappa shape index (κ2) is 18.9. The van der Waals surface area contributed by atoms with Gasteiger partial charge in [-0.25, -0.2) is 9.79 Å². The van der Waals surface area contributed by atoms with Crippen LogP contribution in [0.3, 0.4) is 0 Å². The molecule has 0 atom stereocenters. The van der Waals surface area contributed by atoms with E-state index in [9.17, 15) is 9.59 Å². The van der Waals surface area contributed by atoms with Gasteiger partial charge in [0, 0.05) is 31.1 Å². The number of nitrogens with two attached hydrogens (primary N) is 2. The van der Waals surface area contributed by atoms with Gasteiger partial charge in [-0.15, -0.1) is 0 Å². The van der Waals surface area contributed by atoms with Crippen LogP contribution in [-0.4, -0.2) is 60.0 Å². The van der Waals surface area contributed by atoms with Gasteiger partial charge in [-0.3, -0.25) is 4.79 Å². The molecule has 10 nitrogen and oxygen atoms in total. The van der Waals surface area contributed by atoms with Gasteiger partial charge in [-0.1, -0.05) is 61.8 Å². The number of carbonyl (C=O) groups is 2. The summed E-state index contributed by atoms with van der Waals surface area (Å²) < 4.78 is 5.49. The second-order valence-corrected chi connectivity index (χ2v) is 10.4. The highest BCUT2D eigenvalue weighted by molar-refractivity contribution is 6.31. The largest absolute Gasteiger partial charge is 0.423 e. The van der Waals surface area contributed by atoms with E-state index in [1.54, 1.807) is 42.5 Å². The van der Waals surface area contributed by atoms with Crippen molar-refractivity contribution in [1.29, 1.82) is 0 Å². The number of likely N-dealkylation sites (tertiary alicyclic amines) is 1. The predicted octanol–water partition coefficient (Wildman–Crippen LogP) is 4.96. The average Bonchev–Trinajstić information content (AvgIpc) is 3.00. The van der Waals surface area contributed by atoms with Gasteiger partial charge in [-0.2, -0.15) is 9.59 Å². The van der Waals surface area contributed by atoms with Crippen LogP contribution in [0.15, 0.2) is 77.8 Å². The number of amides is 1. The van der Waals surface area contributed by atoms with Gasteiger partial charge in [-0.05, 0) is 79.9 Å². The van der Waals surface area contributed by atoms with Crippen LogP contribution in [0, 0.1) is 0 Å². The predicted molar refractivity (Wildman–Crippen MR) is 171 cm³/mol. The first-order valence-electron chi connectivity index (χ1n) is 14.0. The van der Waals surface area contributed by atoms with Crippen LogP contribution in [0.4, 0.5) is 5.69 Å². The zero-order chi connectivity index (χ0) is 31.0. The number of nitrogens with zero attached hydrogens (tertiary/aromatic N) is 3. The molecule has 4 rings (SSSR count). The normalized spacial score (nSPS) is 12.4. The summed E-state index contributed by atoms with van der Waals surface area (Å²) in [5, 5.41) is 0.448. The highest BCUT2D eigenvalue weighted by atomic mass is 35.5. The van der Waals surface area contributed by atoms with Crippen molar-refractivity contribution in [1.82, 2.24) is 9.80 Å². The summed E-state index contributed by atoms with van der Waals surface area (Å²) in [6.07, 6.45) is 4.82. The molecule has 1 heterocycles. The van der Waals surface area contributed by atoms with Gasteiger partial charge in [0.15, 0.2) is 5.96 Å². The molecule has 1 amide bonds. The minimum Gasteiger partial charge on any atom is -0.423 e. The molecule has 44 heavy (non-hydrogen) atoms. The Bertz CT molecular complexity index is 1400. The number of benzene rings is 3. The molecule has 0 radical (unpaired) electrons. The van der Waals surface area contributed by atoms with E-state index >= 15 is 0 Å². The molecule has 1 aliphatic rings. The quantitative estimate of drug-likeness (QED) is 0.132. The van der Waals surface area contributed by atoms with Gasteiger partial charge < -0.3 is 26.0 Å². The number of halogens is 1. The minimum absolute atomic E-state index is 0. The summed E-state index contributed by atoms with van der Waals surface area (Å²) >= 11 is 6.52. The van der Waals surface area contributed by atoms with Crippen LogP contribution in [0.25, 0.3) is 0 Å². The number of hydrogen-bond donors (Lipinski definition) is 2. The zero-order valence-corrected chi connectivity index (χ0v) is 24.7. The van der Waals surface area contributed by atoms with Gasteiger partial charge >= 0.3 is 12.1 Å². The number of guanidine groups is 1. The van der Waals surface area contributed by atoms with Crippen molar-refractivity contribution in [3.8, 4) is 5.75 Å². The maximum Gasteiger partial charge on any atom is 0.373 e. The molecule has 4 N–H and O–H groups in total. The first-order valence-corrected chi connectivity index (χ1v) is 14.4. The standard InChI is InChI=1S/C31H36ClN5O3.CO2.CH4/c32-28-21-27(40-30(39)25-9-13-26(14-10-25)35-31(33)34)15-11-24(28)12-16-29(38)37(22-23-7-3-1-4-8-23)20-19-36-17-5-2-6-18-36;2-1-3;/h1,3-4,7-11,13-15,21H,2,5-6,12,16-20,22H2,(H4,33,34,35);;1H4. The Hall–Kier alpha value is -4.50. The van der Waals surface area contributed by atoms with Crippen molar-refractivity contribution >= 4 is 41.3 Å². The number of aliphatic imine (C=N–C) groups is 1. The topological polar surface area (TPSA) is 148 Å². The number of rotatable bonds is 11. The molecule has 3 aromatic rings. The number of hydrogen-bond acceptors (Lipinski definition) is 7. The summed E-state index contributed by atoms with van der Waals surface area (Å²) in [7, 11) is 0. The number of aryl methyl sites for hydroxylation is 1. The minimum atomic E-state index is -0.527. The van der Waals surface area contributed by atoms with E-state index in [0.29, 0.717) is 48.0 Å². The van der Waals surface area contributed by atoms with E-state index in [4.69, 9.17) is 37.4 Å². The van der Waals surface area contributed by atoms with Gasteiger partial charge in [0.2, 0.25) is 5.91 Å². The van der Waals surface area contributed by atoms with E-state index in [0.717, 1.165) is 30.8 Å². The molecule has 1 fully saturated rings. The molecular formula is C33H40ClN5O5. The fourth-order valence-corrected chi connectivity index (χ4v) is 4.99. The van der Waals surface area contributed by atoms with Crippen LogP contribution in [0.5, 0.6) is 5.75 Å². The van der Waals surface area contributed by atoms with E-state index in [-0.39, 0.29) is 25.4 Å². The van der Waals surface area contributed by atoms with Crippen molar-refractivity contribution < 1.29 is 23.9 Å². The van der Waals surface area contributed by atoms with Crippen LogP contribution in [-0.2, 0) is 27.3 Å². The van der Waals surface area contributed by atoms with Crippen LogP contribution in [0.2, 0.25) is 5.02 Å². The van der Waals surface area contributed by atoms with Crippen LogP contribution < -0.4 is 16.2 Å². The molecular weight excluding hydrogens is 582 g/mol. The first kappa shape index (κ1) is 35.7. The molecule has 0 aromatic heterocycles. The van der Waals surface area contributed by atoms with E-state index in [1.165, 1.54) is 19.3 Å². The first-order chi connectivity index (χ1) is 20.8. The van der Waals surface area contributed by atoms with Crippen molar-refractivity contribution in [3.05, 3.63) is 94.5 Å². The summed E-state index contributed by atoms with van der Waals surface area (Å²) in [6.45, 7) is 4.37. The second-order valence-electron chi connectivity index (χ2n) is 10.0. The zero-order valence-electron chi connectivity index (χ0n) is 23.9. The highest BCUT2D eigenvalue weighted by Crippen LogP contribution is 2.25. The Labute approximate surface area is 263 Å². The molecule has 3 aromatic carbocycles. The molecule has 0 saturated carbocycles. The molecule has 1 saturated heterocycles. The molecule has 1 aliphatic heterocycles. The Balaban J connectivity index is 0.00000162. The molecule has 0 spiro atoms. The fourth-order valence-electron chi connectivity index (χ4n) is 4.72. The summed E-state index contributed by atoms with van der Waals surface area (Å²) in [5.74, 6) is -0.171. The SMILES string of the molecule is C.NC(N)=Nc1ccc(C(=O)Oc2ccc(CCC(=O)N(CCN3CCCCC3)Cc3ccccc3)c(Cl)c2)cc1.O=C=O. The monoisotopic (exact) mass is 621 g/mol. The van der Waals surface area contributed by atoms with E-state index in [2.05, 4.69) is 22.0 Å². The highest BCUT2D eigenvalue weighted by Gasteiger charge is 2.18. The smallest absolute Gasteiger partial charge is 0.373 e.